The standard InChI is InChI=1S/C23H24N4O3/c1-25-22-16-7-3-5-9-19(16)30-15-17(22)21(24-25)23(28)27-13-11-26(12-14-27)18-8-4-6-10-20(18)29-2/h3-10H,11-15H2,1-2H3. The lowest BCUT2D eigenvalue weighted by atomic mass is 10.0. The molecule has 1 fully saturated rings. The molecule has 30 heavy (non-hydrogen) atoms. The van der Waals surface area contributed by atoms with Gasteiger partial charge in [-0.15, -0.1) is 0 Å². The molecular formula is C23H24N4O3. The van der Waals surface area contributed by atoms with E-state index in [1.807, 2.05) is 54.4 Å². The number of aryl methyl sites for hydroxylation is 1. The molecule has 1 aromatic heterocycles. The van der Waals surface area contributed by atoms with E-state index >= 15 is 0 Å². The number of methoxy groups -OCH3 is 1. The highest BCUT2D eigenvalue weighted by atomic mass is 16.5. The molecule has 2 aliphatic rings. The average Bonchev–Trinajstić information content (AvgIpc) is 3.15. The van der Waals surface area contributed by atoms with Crippen LogP contribution >= 0.6 is 0 Å². The van der Waals surface area contributed by atoms with Crippen LogP contribution in [-0.2, 0) is 13.7 Å². The Balaban J connectivity index is 1.36. The molecule has 0 saturated carbocycles. The summed E-state index contributed by atoms with van der Waals surface area (Å²) in [6, 6.07) is 15.9. The fourth-order valence-electron chi connectivity index (χ4n) is 4.34. The molecule has 7 heteroatoms. The maximum Gasteiger partial charge on any atom is 0.274 e. The van der Waals surface area contributed by atoms with E-state index in [4.69, 9.17) is 9.47 Å². The van der Waals surface area contributed by atoms with Crippen molar-refractivity contribution < 1.29 is 14.3 Å². The zero-order chi connectivity index (χ0) is 20.7. The van der Waals surface area contributed by atoms with Crippen molar-refractivity contribution in [1.82, 2.24) is 14.7 Å². The summed E-state index contributed by atoms with van der Waals surface area (Å²) in [5.74, 6) is 1.65. The van der Waals surface area contributed by atoms with Gasteiger partial charge in [0.25, 0.3) is 5.91 Å². The Hall–Kier alpha value is -3.48. The predicted molar refractivity (Wildman–Crippen MR) is 114 cm³/mol. The van der Waals surface area contributed by atoms with E-state index in [0.717, 1.165) is 47.1 Å². The summed E-state index contributed by atoms with van der Waals surface area (Å²) in [7, 11) is 3.57. The monoisotopic (exact) mass is 404 g/mol. The SMILES string of the molecule is COc1ccccc1N1CCN(C(=O)c2nn(C)c3c2COc2ccccc2-3)CC1. The van der Waals surface area contributed by atoms with E-state index in [1.54, 1.807) is 11.8 Å². The molecule has 7 nitrogen and oxygen atoms in total. The first-order chi connectivity index (χ1) is 14.7. The third-order valence-corrected chi connectivity index (χ3v) is 5.85. The Morgan fingerprint density at radius 2 is 1.77 bits per heavy atom. The molecule has 2 aromatic carbocycles. The number of carbonyl (C=O) groups excluding carboxylic acids is 1. The Morgan fingerprint density at radius 1 is 1.03 bits per heavy atom. The van der Waals surface area contributed by atoms with Crippen molar-refractivity contribution in [1.29, 1.82) is 0 Å². The van der Waals surface area contributed by atoms with Crippen LogP contribution in [0, 0.1) is 0 Å². The minimum absolute atomic E-state index is 0.0329. The molecule has 3 aromatic rings. The number of carbonyl (C=O) groups is 1. The summed E-state index contributed by atoms with van der Waals surface area (Å²) < 4.78 is 13.2. The van der Waals surface area contributed by atoms with Gasteiger partial charge >= 0.3 is 0 Å². The van der Waals surface area contributed by atoms with Crippen molar-refractivity contribution in [2.75, 3.05) is 38.2 Å². The van der Waals surface area contributed by atoms with Gasteiger partial charge in [0, 0.05) is 44.4 Å². The first-order valence-corrected chi connectivity index (χ1v) is 10.1. The molecule has 3 heterocycles. The second kappa shape index (κ2) is 7.40. The molecule has 0 unspecified atom stereocenters. The molecule has 0 N–H and O–H groups in total. The van der Waals surface area contributed by atoms with Crippen LogP contribution in [0.15, 0.2) is 48.5 Å². The number of piperazine rings is 1. The normalized spacial score (nSPS) is 15.3. The smallest absolute Gasteiger partial charge is 0.274 e. The number of hydrogen-bond donors (Lipinski definition) is 0. The number of ether oxygens (including phenoxy) is 2. The van der Waals surface area contributed by atoms with Gasteiger partial charge < -0.3 is 19.3 Å². The molecular weight excluding hydrogens is 380 g/mol. The van der Waals surface area contributed by atoms with Crippen LogP contribution in [0.25, 0.3) is 11.3 Å². The van der Waals surface area contributed by atoms with E-state index in [1.165, 1.54) is 0 Å². The molecule has 5 rings (SSSR count). The first kappa shape index (κ1) is 18.5. The van der Waals surface area contributed by atoms with Gasteiger partial charge in [0.15, 0.2) is 5.69 Å². The third-order valence-electron chi connectivity index (χ3n) is 5.85. The van der Waals surface area contributed by atoms with Gasteiger partial charge in [0.2, 0.25) is 0 Å². The number of hydrogen-bond acceptors (Lipinski definition) is 5. The van der Waals surface area contributed by atoms with Crippen molar-refractivity contribution in [2.24, 2.45) is 7.05 Å². The Labute approximate surface area is 175 Å². The van der Waals surface area contributed by atoms with Crippen LogP contribution in [0.1, 0.15) is 16.1 Å². The number of rotatable bonds is 3. The Morgan fingerprint density at radius 3 is 2.57 bits per heavy atom. The summed E-state index contributed by atoms with van der Waals surface area (Å²) in [5, 5.41) is 4.58. The highest BCUT2D eigenvalue weighted by Crippen LogP contribution is 2.38. The van der Waals surface area contributed by atoms with Gasteiger partial charge in [0.05, 0.1) is 18.5 Å². The average molecular weight is 404 g/mol. The number of nitrogens with zero attached hydrogens (tertiary/aromatic N) is 4. The predicted octanol–water partition coefficient (Wildman–Crippen LogP) is 2.95. The molecule has 154 valence electrons. The van der Waals surface area contributed by atoms with Crippen LogP contribution in [0.2, 0.25) is 0 Å². The van der Waals surface area contributed by atoms with Crippen molar-refractivity contribution in [3.63, 3.8) is 0 Å². The van der Waals surface area contributed by atoms with Crippen LogP contribution < -0.4 is 14.4 Å². The highest BCUT2D eigenvalue weighted by Gasteiger charge is 2.32. The summed E-state index contributed by atoms with van der Waals surface area (Å²) >= 11 is 0. The van der Waals surface area contributed by atoms with Gasteiger partial charge in [-0.05, 0) is 24.3 Å². The number of para-hydroxylation sites is 3. The quantitative estimate of drug-likeness (QED) is 0.672. The van der Waals surface area contributed by atoms with Crippen LogP contribution in [0.3, 0.4) is 0 Å². The molecule has 0 spiro atoms. The Bertz CT molecular complexity index is 1100. The van der Waals surface area contributed by atoms with Gasteiger partial charge in [-0.1, -0.05) is 24.3 Å². The minimum Gasteiger partial charge on any atom is -0.495 e. The maximum absolute atomic E-state index is 13.3. The summed E-state index contributed by atoms with van der Waals surface area (Å²) in [6.45, 7) is 3.14. The highest BCUT2D eigenvalue weighted by molar-refractivity contribution is 5.96. The summed E-state index contributed by atoms with van der Waals surface area (Å²) in [6.07, 6.45) is 0. The zero-order valence-corrected chi connectivity index (χ0v) is 17.2. The van der Waals surface area contributed by atoms with E-state index < -0.39 is 0 Å². The molecule has 2 aliphatic heterocycles. The summed E-state index contributed by atoms with van der Waals surface area (Å²) in [4.78, 5) is 17.5. The van der Waals surface area contributed by atoms with Crippen LogP contribution in [0.5, 0.6) is 11.5 Å². The topological polar surface area (TPSA) is 59.8 Å². The molecule has 0 radical (unpaired) electrons. The van der Waals surface area contributed by atoms with Crippen molar-refractivity contribution >= 4 is 11.6 Å². The Kier molecular flexibility index (Phi) is 4.58. The van der Waals surface area contributed by atoms with Crippen molar-refractivity contribution in [3.8, 4) is 22.8 Å². The zero-order valence-electron chi connectivity index (χ0n) is 17.2. The van der Waals surface area contributed by atoms with E-state index in [0.29, 0.717) is 25.4 Å². The lowest BCUT2D eigenvalue weighted by Crippen LogP contribution is -2.49. The number of aromatic nitrogens is 2. The van der Waals surface area contributed by atoms with E-state index in [9.17, 15) is 4.79 Å². The van der Waals surface area contributed by atoms with Crippen molar-refractivity contribution in [3.05, 3.63) is 59.8 Å². The second-order valence-electron chi connectivity index (χ2n) is 7.54. The lowest BCUT2D eigenvalue weighted by molar-refractivity contribution is 0.0737. The van der Waals surface area contributed by atoms with Gasteiger partial charge in [-0.25, -0.2) is 0 Å². The van der Waals surface area contributed by atoms with Gasteiger partial charge in [0.1, 0.15) is 18.1 Å². The van der Waals surface area contributed by atoms with Gasteiger partial charge in [-0.2, -0.15) is 5.10 Å². The molecule has 1 amide bonds. The molecule has 0 bridgehead atoms. The largest absolute Gasteiger partial charge is 0.495 e. The second-order valence-corrected chi connectivity index (χ2v) is 7.54. The molecule has 1 saturated heterocycles. The van der Waals surface area contributed by atoms with Gasteiger partial charge in [-0.3, -0.25) is 9.48 Å². The third kappa shape index (κ3) is 2.98. The minimum atomic E-state index is -0.0329. The number of fused-ring (bicyclic) bond motifs is 3. The molecule has 0 atom stereocenters. The number of anilines is 1. The van der Waals surface area contributed by atoms with Crippen LogP contribution in [0.4, 0.5) is 5.69 Å². The maximum atomic E-state index is 13.3. The molecule has 0 aliphatic carbocycles. The lowest BCUT2D eigenvalue weighted by Gasteiger charge is -2.36. The fraction of sp³-hybridized carbons (Fsp3) is 0.304. The summed E-state index contributed by atoms with van der Waals surface area (Å²) in [5.41, 5.74) is 4.37. The van der Waals surface area contributed by atoms with E-state index in [-0.39, 0.29) is 5.91 Å². The number of amides is 1. The van der Waals surface area contributed by atoms with Crippen LogP contribution in [-0.4, -0.2) is 53.9 Å². The first-order valence-electron chi connectivity index (χ1n) is 10.1. The number of benzene rings is 2. The fourth-order valence-corrected chi connectivity index (χ4v) is 4.34. The van der Waals surface area contributed by atoms with E-state index in [2.05, 4.69) is 16.1 Å². The van der Waals surface area contributed by atoms with Crippen molar-refractivity contribution in [2.45, 2.75) is 6.61 Å².